The lowest BCUT2D eigenvalue weighted by molar-refractivity contribution is 0.0701. The van der Waals surface area contributed by atoms with Crippen LogP contribution >= 0.6 is 22.7 Å². The summed E-state index contributed by atoms with van der Waals surface area (Å²) in [6.45, 7) is 2.26. The Kier molecular flexibility index (Phi) is 3.16. The molecule has 0 fully saturated rings. The standard InChI is InChI=1S/C9H9N3O2S2/c1-5-7(8(13)14)16-9(12-5)11-4-6-10-2-3-15-6/h2-3H,4H2,1H3,(H,11,12)(H,13,14). The first-order chi connectivity index (χ1) is 7.66. The molecule has 0 unspecified atom stereocenters. The van der Waals surface area contributed by atoms with Crippen molar-refractivity contribution in [2.24, 2.45) is 0 Å². The molecule has 2 N–H and O–H groups in total. The number of aromatic nitrogens is 2. The van der Waals surface area contributed by atoms with Gasteiger partial charge in [-0.05, 0) is 6.92 Å². The van der Waals surface area contributed by atoms with Crippen LogP contribution in [0.3, 0.4) is 0 Å². The maximum atomic E-state index is 10.8. The number of hydrogen-bond acceptors (Lipinski definition) is 6. The van der Waals surface area contributed by atoms with Crippen molar-refractivity contribution in [1.29, 1.82) is 0 Å². The SMILES string of the molecule is Cc1nc(NCc2nccs2)sc1C(=O)O. The minimum Gasteiger partial charge on any atom is -0.477 e. The molecule has 84 valence electrons. The number of aromatic carboxylic acids is 1. The van der Waals surface area contributed by atoms with Gasteiger partial charge in [-0.25, -0.2) is 14.8 Å². The van der Waals surface area contributed by atoms with Gasteiger partial charge in [0.25, 0.3) is 0 Å². The minimum absolute atomic E-state index is 0.279. The van der Waals surface area contributed by atoms with Crippen LogP contribution < -0.4 is 5.32 Å². The summed E-state index contributed by atoms with van der Waals surface area (Å²) in [5.41, 5.74) is 0.541. The van der Waals surface area contributed by atoms with Crippen molar-refractivity contribution in [3.05, 3.63) is 27.2 Å². The summed E-state index contributed by atoms with van der Waals surface area (Å²) in [6.07, 6.45) is 1.73. The van der Waals surface area contributed by atoms with E-state index in [9.17, 15) is 4.79 Å². The smallest absolute Gasteiger partial charge is 0.347 e. The Morgan fingerprint density at radius 1 is 1.62 bits per heavy atom. The molecule has 0 aliphatic heterocycles. The van der Waals surface area contributed by atoms with Crippen molar-refractivity contribution < 1.29 is 9.90 Å². The van der Waals surface area contributed by atoms with Crippen LogP contribution in [0.2, 0.25) is 0 Å². The summed E-state index contributed by atoms with van der Waals surface area (Å²) in [5, 5.41) is 15.4. The number of nitrogens with one attached hydrogen (secondary N) is 1. The fraction of sp³-hybridized carbons (Fsp3) is 0.222. The zero-order chi connectivity index (χ0) is 11.5. The van der Waals surface area contributed by atoms with Crippen LogP contribution in [0, 0.1) is 6.92 Å². The van der Waals surface area contributed by atoms with Crippen LogP contribution in [0.25, 0.3) is 0 Å². The van der Waals surface area contributed by atoms with Crippen molar-refractivity contribution in [3.63, 3.8) is 0 Å². The van der Waals surface area contributed by atoms with Crippen LogP contribution in [0.4, 0.5) is 5.13 Å². The quantitative estimate of drug-likeness (QED) is 0.876. The van der Waals surface area contributed by atoms with Gasteiger partial charge >= 0.3 is 5.97 Å². The molecule has 16 heavy (non-hydrogen) atoms. The summed E-state index contributed by atoms with van der Waals surface area (Å²) < 4.78 is 0. The summed E-state index contributed by atoms with van der Waals surface area (Å²) in [6, 6.07) is 0. The largest absolute Gasteiger partial charge is 0.477 e. The second-order valence-corrected chi connectivity index (χ2v) is 5.00. The van der Waals surface area contributed by atoms with Gasteiger partial charge in [-0.2, -0.15) is 0 Å². The van der Waals surface area contributed by atoms with E-state index in [-0.39, 0.29) is 4.88 Å². The second kappa shape index (κ2) is 4.58. The molecular formula is C9H9N3O2S2. The molecule has 0 amide bonds. The van der Waals surface area contributed by atoms with E-state index in [1.165, 1.54) is 0 Å². The number of hydrogen-bond donors (Lipinski definition) is 2. The number of carboxylic acids is 1. The molecule has 0 aliphatic rings. The van der Waals surface area contributed by atoms with E-state index in [0.717, 1.165) is 16.3 Å². The second-order valence-electron chi connectivity index (χ2n) is 3.02. The Morgan fingerprint density at radius 3 is 3.00 bits per heavy atom. The topological polar surface area (TPSA) is 75.1 Å². The van der Waals surface area contributed by atoms with Gasteiger partial charge in [0, 0.05) is 11.6 Å². The highest BCUT2D eigenvalue weighted by Gasteiger charge is 2.13. The lowest BCUT2D eigenvalue weighted by atomic mass is 10.4. The van der Waals surface area contributed by atoms with Gasteiger partial charge < -0.3 is 10.4 Å². The van der Waals surface area contributed by atoms with Gasteiger partial charge in [-0.15, -0.1) is 11.3 Å². The monoisotopic (exact) mass is 255 g/mol. The van der Waals surface area contributed by atoms with Gasteiger partial charge in [-0.3, -0.25) is 0 Å². The molecule has 2 aromatic rings. The highest BCUT2D eigenvalue weighted by Crippen LogP contribution is 2.23. The predicted molar refractivity (Wildman–Crippen MR) is 63.3 cm³/mol. The van der Waals surface area contributed by atoms with Gasteiger partial charge in [-0.1, -0.05) is 11.3 Å². The summed E-state index contributed by atoms with van der Waals surface area (Å²) in [4.78, 5) is 19.3. The lowest BCUT2D eigenvalue weighted by Gasteiger charge is -1.97. The molecule has 7 heteroatoms. The maximum absolute atomic E-state index is 10.8. The zero-order valence-corrected chi connectivity index (χ0v) is 10.1. The number of nitrogens with zero attached hydrogens (tertiary/aromatic N) is 2. The number of carbonyl (C=O) groups is 1. The highest BCUT2D eigenvalue weighted by molar-refractivity contribution is 7.17. The molecule has 0 aromatic carbocycles. The molecule has 2 heterocycles. The molecule has 2 aromatic heterocycles. The Hall–Kier alpha value is -1.47. The van der Waals surface area contributed by atoms with E-state index in [1.807, 2.05) is 5.38 Å². The fourth-order valence-electron chi connectivity index (χ4n) is 1.16. The number of thiazole rings is 2. The third-order valence-corrected chi connectivity index (χ3v) is 3.75. The Labute approximate surface area is 99.8 Å². The molecule has 0 radical (unpaired) electrons. The Balaban J connectivity index is 2.05. The first-order valence-corrected chi connectivity index (χ1v) is 6.19. The zero-order valence-electron chi connectivity index (χ0n) is 8.43. The fourth-order valence-corrected chi connectivity index (χ4v) is 2.52. The van der Waals surface area contributed by atoms with Gasteiger partial charge in [0.1, 0.15) is 9.88 Å². The van der Waals surface area contributed by atoms with Crippen molar-refractivity contribution >= 4 is 33.8 Å². The minimum atomic E-state index is -0.933. The molecule has 0 atom stereocenters. The van der Waals surface area contributed by atoms with Crippen LogP contribution in [0.15, 0.2) is 11.6 Å². The Bertz CT molecular complexity index is 493. The van der Waals surface area contributed by atoms with E-state index in [1.54, 1.807) is 24.5 Å². The van der Waals surface area contributed by atoms with Crippen LogP contribution in [0.1, 0.15) is 20.4 Å². The van der Waals surface area contributed by atoms with E-state index in [4.69, 9.17) is 5.11 Å². The Morgan fingerprint density at radius 2 is 2.44 bits per heavy atom. The average molecular weight is 255 g/mol. The molecule has 2 rings (SSSR count). The lowest BCUT2D eigenvalue weighted by Crippen LogP contribution is -1.97. The molecule has 0 spiro atoms. The third-order valence-electron chi connectivity index (χ3n) is 1.87. The van der Waals surface area contributed by atoms with Gasteiger partial charge in [0.2, 0.25) is 0 Å². The van der Waals surface area contributed by atoms with Crippen LogP contribution in [0.5, 0.6) is 0 Å². The molecule has 0 saturated heterocycles. The van der Waals surface area contributed by atoms with Gasteiger partial charge in [0.05, 0.1) is 12.2 Å². The summed E-state index contributed by atoms with van der Waals surface area (Å²) in [7, 11) is 0. The number of anilines is 1. The highest BCUT2D eigenvalue weighted by atomic mass is 32.1. The first kappa shape index (κ1) is 11.0. The van der Waals surface area contributed by atoms with E-state index >= 15 is 0 Å². The number of aryl methyl sites for hydroxylation is 1. The summed E-state index contributed by atoms with van der Waals surface area (Å²) in [5.74, 6) is -0.933. The number of carboxylic acid groups (broad SMARTS) is 1. The molecule has 0 saturated carbocycles. The first-order valence-electron chi connectivity index (χ1n) is 4.50. The van der Waals surface area contributed by atoms with Crippen molar-refractivity contribution in [2.75, 3.05) is 5.32 Å². The predicted octanol–water partition coefficient (Wildman–Crippen LogP) is 2.22. The summed E-state index contributed by atoms with van der Waals surface area (Å²) >= 11 is 2.69. The van der Waals surface area contributed by atoms with E-state index < -0.39 is 5.97 Å². The van der Waals surface area contributed by atoms with E-state index in [0.29, 0.717) is 17.4 Å². The maximum Gasteiger partial charge on any atom is 0.347 e. The molecular weight excluding hydrogens is 246 g/mol. The van der Waals surface area contributed by atoms with Crippen LogP contribution in [-0.4, -0.2) is 21.0 Å². The molecule has 0 aliphatic carbocycles. The van der Waals surface area contributed by atoms with E-state index in [2.05, 4.69) is 15.3 Å². The van der Waals surface area contributed by atoms with Crippen LogP contribution in [-0.2, 0) is 6.54 Å². The van der Waals surface area contributed by atoms with Crippen molar-refractivity contribution in [2.45, 2.75) is 13.5 Å². The molecule has 0 bridgehead atoms. The molecule has 5 nitrogen and oxygen atoms in total. The van der Waals surface area contributed by atoms with Crippen molar-refractivity contribution in [1.82, 2.24) is 9.97 Å². The van der Waals surface area contributed by atoms with Crippen molar-refractivity contribution in [3.8, 4) is 0 Å². The normalized spacial score (nSPS) is 10.3. The average Bonchev–Trinajstić information content (AvgIpc) is 2.83. The third kappa shape index (κ3) is 2.37. The number of rotatable bonds is 4. The van der Waals surface area contributed by atoms with Gasteiger partial charge in [0.15, 0.2) is 5.13 Å².